The zero-order valence-corrected chi connectivity index (χ0v) is 16.0. The standard InChI is InChI=1S/C21H27NO4/c1-14(2)13-26-18-8-6-7-16(11-18)21(23)22-15(3)19-12-17(24-4)9-10-20(19)25-5/h6-12,14-15H,13H2,1-5H3,(H,22,23). The molecule has 140 valence electrons. The van der Waals surface area contributed by atoms with Gasteiger partial charge in [0.2, 0.25) is 0 Å². The molecule has 1 N–H and O–H groups in total. The first kappa shape index (κ1) is 19.6. The fourth-order valence-corrected chi connectivity index (χ4v) is 2.53. The number of carbonyl (C=O) groups is 1. The molecule has 26 heavy (non-hydrogen) atoms. The Morgan fingerprint density at radius 3 is 2.42 bits per heavy atom. The van der Waals surface area contributed by atoms with Crippen LogP contribution in [0.4, 0.5) is 0 Å². The summed E-state index contributed by atoms with van der Waals surface area (Å²) >= 11 is 0. The SMILES string of the molecule is COc1ccc(OC)c(C(C)NC(=O)c2cccc(OCC(C)C)c2)c1. The van der Waals surface area contributed by atoms with Crippen LogP contribution in [0.5, 0.6) is 17.2 Å². The minimum atomic E-state index is -0.243. The highest BCUT2D eigenvalue weighted by atomic mass is 16.5. The zero-order valence-electron chi connectivity index (χ0n) is 16.0. The molecule has 0 saturated heterocycles. The molecule has 1 unspecified atom stereocenters. The summed E-state index contributed by atoms with van der Waals surface area (Å²) in [5, 5.41) is 3.00. The molecule has 0 fully saturated rings. The highest BCUT2D eigenvalue weighted by Gasteiger charge is 2.16. The van der Waals surface area contributed by atoms with E-state index < -0.39 is 0 Å². The number of ether oxygens (including phenoxy) is 3. The monoisotopic (exact) mass is 357 g/mol. The fourth-order valence-electron chi connectivity index (χ4n) is 2.53. The maximum atomic E-state index is 12.6. The second-order valence-electron chi connectivity index (χ2n) is 6.54. The number of methoxy groups -OCH3 is 2. The summed E-state index contributed by atoms with van der Waals surface area (Å²) in [7, 11) is 3.22. The van der Waals surface area contributed by atoms with Gasteiger partial charge < -0.3 is 19.5 Å². The summed E-state index contributed by atoms with van der Waals surface area (Å²) < 4.78 is 16.4. The van der Waals surface area contributed by atoms with Crippen LogP contribution in [0.15, 0.2) is 42.5 Å². The molecule has 0 bridgehead atoms. The van der Waals surface area contributed by atoms with Crippen molar-refractivity contribution in [3.63, 3.8) is 0 Å². The lowest BCUT2D eigenvalue weighted by Crippen LogP contribution is -2.27. The van der Waals surface area contributed by atoms with Gasteiger partial charge in [-0.05, 0) is 49.2 Å². The van der Waals surface area contributed by atoms with Gasteiger partial charge in [0.05, 0.1) is 26.9 Å². The van der Waals surface area contributed by atoms with E-state index in [-0.39, 0.29) is 11.9 Å². The van der Waals surface area contributed by atoms with Crippen molar-refractivity contribution in [2.24, 2.45) is 5.92 Å². The molecule has 0 aliphatic heterocycles. The molecule has 2 rings (SSSR count). The highest BCUT2D eigenvalue weighted by molar-refractivity contribution is 5.94. The van der Waals surface area contributed by atoms with Crippen LogP contribution in [0.2, 0.25) is 0 Å². The van der Waals surface area contributed by atoms with Crippen molar-refractivity contribution in [2.45, 2.75) is 26.8 Å². The summed E-state index contributed by atoms with van der Waals surface area (Å²) in [4.78, 5) is 12.6. The Kier molecular flexibility index (Phi) is 6.89. The predicted octanol–water partition coefficient (Wildman–Crippen LogP) is 4.23. The average Bonchev–Trinajstić information content (AvgIpc) is 2.65. The van der Waals surface area contributed by atoms with Crippen molar-refractivity contribution in [2.75, 3.05) is 20.8 Å². The van der Waals surface area contributed by atoms with Crippen LogP contribution < -0.4 is 19.5 Å². The first-order chi connectivity index (χ1) is 12.4. The third-order valence-electron chi connectivity index (χ3n) is 3.93. The second-order valence-corrected chi connectivity index (χ2v) is 6.54. The first-order valence-electron chi connectivity index (χ1n) is 8.70. The average molecular weight is 357 g/mol. The molecule has 0 aliphatic carbocycles. The van der Waals surface area contributed by atoms with E-state index in [2.05, 4.69) is 19.2 Å². The number of hydrogen-bond acceptors (Lipinski definition) is 4. The van der Waals surface area contributed by atoms with Crippen LogP contribution >= 0.6 is 0 Å². The van der Waals surface area contributed by atoms with Gasteiger partial charge in [-0.2, -0.15) is 0 Å². The fraction of sp³-hybridized carbons (Fsp3) is 0.381. The molecule has 2 aromatic carbocycles. The smallest absolute Gasteiger partial charge is 0.251 e. The maximum absolute atomic E-state index is 12.6. The zero-order chi connectivity index (χ0) is 19.1. The van der Waals surface area contributed by atoms with Gasteiger partial charge in [0.25, 0.3) is 5.91 Å². The van der Waals surface area contributed by atoms with Crippen molar-refractivity contribution in [3.8, 4) is 17.2 Å². The van der Waals surface area contributed by atoms with Crippen LogP contribution in [0.1, 0.15) is 42.7 Å². The van der Waals surface area contributed by atoms with E-state index in [9.17, 15) is 4.79 Å². The van der Waals surface area contributed by atoms with E-state index >= 15 is 0 Å². The second kappa shape index (κ2) is 9.13. The predicted molar refractivity (Wildman–Crippen MR) is 102 cm³/mol. The third-order valence-corrected chi connectivity index (χ3v) is 3.93. The van der Waals surface area contributed by atoms with E-state index in [1.807, 2.05) is 37.3 Å². The molecule has 5 heteroatoms. The Labute approximate surface area is 155 Å². The summed E-state index contributed by atoms with van der Waals surface area (Å²) in [5.74, 6) is 2.36. The molecule has 0 spiro atoms. The van der Waals surface area contributed by atoms with Crippen LogP contribution in [-0.4, -0.2) is 26.7 Å². The molecule has 0 saturated carbocycles. The molecule has 1 atom stereocenters. The van der Waals surface area contributed by atoms with E-state index in [4.69, 9.17) is 14.2 Å². The number of nitrogens with one attached hydrogen (secondary N) is 1. The Morgan fingerprint density at radius 1 is 1.00 bits per heavy atom. The molecule has 5 nitrogen and oxygen atoms in total. The van der Waals surface area contributed by atoms with Crippen LogP contribution in [0, 0.1) is 5.92 Å². The summed E-state index contributed by atoms with van der Waals surface area (Å²) in [6, 6.07) is 12.5. The largest absolute Gasteiger partial charge is 0.497 e. The number of benzene rings is 2. The van der Waals surface area contributed by atoms with Crippen molar-refractivity contribution in [1.82, 2.24) is 5.32 Å². The van der Waals surface area contributed by atoms with Crippen LogP contribution in [0.25, 0.3) is 0 Å². The van der Waals surface area contributed by atoms with E-state index in [1.54, 1.807) is 26.4 Å². The molecule has 1 amide bonds. The topological polar surface area (TPSA) is 56.8 Å². The molecular weight excluding hydrogens is 330 g/mol. The number of amides is 1. The van der Waals surface area contributed by atoms with Crippen molar-refractivity contribution >= 4 is 5.91 Å². The molecule has 2 aromatic rings. The summed E-state index contributed by atoms with van der Waals surface area (Å²) in [6.45, 7) is 6.69. The van der Waals surface area contributed by atoms with Gasteiger partial charge in [0.15, 0.2) is 0 Å². The maximum Gasteiger partial charge on any atom is 0.251 e. The van der Waals surface area contributed by atoms with E-state index in [0.717, 1.165) is 5.56 Å². The summed E-state index contributed by atoms with van der Waals surface area (Å²) in [6.07, 6.45) is 0. The lowest BCUT2D eigenvalue weighted by molar-refractivity contribution is 0.0939. The molecular formula is C21H27NO4. The Morgan fingerprint density at radius 2 is 1.77 bits per heavy atom. The third kappa shape index (κ3) is 5.15. The van der Waals surface area contributed by atoms with Gasteiger partial charge in [0.1, 0.15) is 17.2 Å². The Balaban J connectivity index is 2.13. The van der Waals surface area contributed by atoms with Gasteiger partial charge >= 0.3 is 0 Å². The number of hydrogen-bond donors (Lipinski definition) is 1. The molecule has 0 aromatic heterocycles. The Bertz CT molecular complexity index is 743. The van der Waals surface area contributed by atoms with Crippen molar-refractivity contribution in [3.05, 3.63) is 53.6 Å². The van der Waals surface area contributed by atoms with E-state index in [1.165, 1.54) is 0 Å². The lowest BCUT2D eigenvalue weighted by Gasteiger charge is -2.18. The minimum Gasteiger partial charge on any atom is -0.497 e. The van der Waals surface area contributed by atoms with Gasteiger partial charge in [-0.3, -0.25) is 4.79 Å². The van der Waals surface area contributed by atoms with Crippen LogP contribution in [-0.2, 0) is 0 Å². The lowest BCUT2D eigenvalue weighted by atomic mass is 10.1. The first-order valence-corrected chi connectivity index (χ1v) is 8.70. The van der Waals surface area contributed by atoms with E-state index in [0.29, 0.717) is 35.3 Å². The molecule has 0 radical (unpaired) electrons. The normalized spacial score (nSPS) is 11.8. The van der Waals surface area contributed by atoms with Crippen LogP contribution in [0.3, 0.4) is 0 Å². The van der Waals surface area contributed by atoms with Gasteiger partial charge in [-0.15, -0.1) is 0 Å². The number of carbonyl (C=O) groups excluding carboxylic acids is 1. The van der Waals surface area contributed by atoms with Crippen molar-refractivity contribution < 1.29 is 19.0 Å². The quantitative estimate of drug-likeness (QED) is 0.768. The molecule has 0 aliphatic rings. The molecule has 0 heterocycles. The van der Waals surface area contributed by atoms with Gasteiger partial charge in [-0.1, -0.05) is 19.9 Å². The Hall–Kier alpha value is -2.69. The minimum absolute atomic E-state index is 0.169. The highest BCUT2D eigenvalue weighted by Crippen LogP contribution is 2.29. The summed E-state index contributed by atoms with van der Waals surface area (Å²) in [5.41, 5.74) is 1.41. The van der Waals surface area contributed by atoms with Gasteiger partial charge in [-0.25, -0.2) is 0 Å². The van der Waals surface area contributed by atoms with Crippen molar-refractivity contribution in [1.29, 1.82) is 0 Å². The number of rotatable bonds is 8. The van der Waals surface area contributed by atoms with Gasteiger partial charge in [0, 0.05) is 11.1 Å².